The Kier molecular flexibility index (Phi) is 5.25. The van der Waals surface area contributed by atoms with Crippen molar-refractivity contribution in [2.45, 2.75) is 40.3 Å². The Bertz CT molecular complexity index is 1570. The monoisotopic (exact) mass is 459 g/mol. The average molecular weight is 460 g/mol. The predicted octanol–water partition coefficient (Wildman–Crippen LogP) is 4.83. The number of pyridine rings is 1. The molecule has 3 aromatic heterocycles. The summed E-state index contributed by atoms with van der Waals surface area (Å²) in [6.45, 7) is 7.30. The van der Waals surface area contributed by atoms with Gasteiger partial charge in [0, 0.05) is 10.9 Å². The molecule has 0 bridgehead atoms. The van der Waals surface area contributed by atoms with Crippen LogP contribution in [0.4, 0.5) is 0 Å². The van der Waals surface area contributed by atoms with Crippen molar-refractivity contribution in [3.63, 3.8) is 0 Å². The van der Waals surface area contributed by atoms with Crippen molar-refractivity contribution < 1.29 is 18.8 Å². The van der Waals surface area contributed by atoms with E-state index in [-0.39, 0.29) is 18.2 Å². The highest BCUT2D eigenvalue weighted by Gasteiger charge is 2.25. The lowest BCUT2D eigenvalue weighted by Gasteiger charge is -2.16. The molecule has 0 spiro atoms. The summed E-state index contributed by atoms with van der Waals surface area (Å²) in [5.41, 5.74) is 6.14. The molecule has 0 aliphatic carbocycles. The summed E-state index contributed by atoms with van der Waals surface area (Å²) in [5.74, 6) is 0.734. The Hall–Kier alpha value is -3.91. The van der Waals surface area contributed by atoms with Crippen molar-refractivity contribution >= 4 is 22.0 Å². The van der Waals surface area contributed by atoms with Crippen molar-refractivity contribution in [2.75, 3.05) is 7.11 Å². The fourth-order valence-corrected chi connectivity index (χ4v) is 4.56. The lowest BCUT2D eigenvalue weighted by Crippen LogP contribution is -2.19. The maximum Gasteiger partial charge on any atom is 0.420 e. The van der Waals surface area contributed by atoms with E-state index in [1.54, 1.807) is 11.7 Å². The van der Waals surface area contributed by atoms with Crippen LogP contribution in [0.3, 0.4) is 0 Å². The molecule has 0 saturated carbocycles. The Balaban J connectivity index is 1.86. The molecule has 3 heterocycles. The first kappa shape index (κ1) is 21.9. The van der Waals surface area contributed by atoms with E-state index in [0.717, 1.165) is 27.9 Å². The number of aryl methyl sites for hydroxylation is 3. The second kappa shape index (κ2) is 8.14. The van der Waals surface area contributed by atoms with Crippen LogP contribution in [0.1, 0.15) is 41.2 Å². The summed E-state index contributed by atoms with van der Waals surface area (Å²) in [6, 6.07) is 11.4. The lowest BCUT2D eigenvalue weighted by molar-refractivity contribution is 0.277. The minimum Gasteiger partial charge on any atom is -0.496 e. The number of hydrogen-bond donors (Lipinski definition) is 1. The van der Waals surface area contributed by atoms with Gasteiger partial charge in [0.25, 0.3) is 0 Å². The highest BCUT2D eigenvalue weighted by atomic mass is 16.5. The summed E-state index contributed by atoms with van der Waals surface area (Å²) in [6.07, 6.45) is 0. The Morgan fingerprint density at radius 2 is 1.88 bits per heavy atom. The number of hydrogen-bond acceptors (Lipinski definition) is 7. The van der Waals surface area contributed by atoms with Gasteiger partial charge in [-0.1, -0.05) is 35.0 Å². The molecule has 8 heteroatoms. The highest BCUT2D eigenvalue weighted by Crippen LogP contribution is 2.40. The molecule has 0 saturated heterocycles. The number of aliphatic hydroxyl groups excluding tert-OH is 1. The van der Waals surface area contributed by atoms with Crippen LogP contribution in [-0.4, -0.2) is 26.9 Å². The number of aliphatic hydroxyl groups is 1. The average Bonchev–Trinajstić information content (AvgIpc) is 3.35. The molecule has 5 rings (SSSR count). The van der Waals surface area contributed by atoms with Crippen molar-refractivity contribution in [1.29, 1.82) is 0 Å². The van der Waals surface area contributed by atoms with Crippen molar-refractivity contribution in [2.24, 2.45) is 0 Å². The van der Waals surface area contributed by atoms with Gasteiger partial charge in [-0.3, -0.25) is 4.57 Å². The van der Waals surface area contributed by atoms with E-state index in [4.69, 9.17) is 13.7 Å². The van der Waals surface area contributed by atoms with E-state index in [1.165, 1.54) is 0 Å². The van der Waals surface area contributed by atoms with E-state index in [9.17, 15) is 9.90 Å². The summed E-state index contributed by atoms with van der Waals surface area (Å²) >= 11 is 0. The van der Waals surface area contributed by atoms with Gasteiger partial charge < -0.3 is 18.8 Å². The second-order valence-electron chi connectivity index (χ2n) is 8.49. The summed E-state index contributed by atoms with van der Waals surface area (Å²) in [4.78, 5) is 17.7. The van der Waals surface area contributed by atoms with Crippen LogP contribution in [0.5, 0.6) is 5.75 Å². The Labute approximate surface area is 195 Å². The molecule has 0 radical (unpaired) electrons. The van der Waals surface area contributed by atoms with E-state index < -0.39 is 5.76 Å². The number of rotatable bonds is 5. The van der Waals surface area contributed by atoms with Crippen LogP contribution in [0.25, 0.3) is 33.1 Å². The summed E-state index contributed by atoms with van der Waals surface area (Å²) < 4.78 is 18.3. The maximum atomic E-state index is 13.1. The highest BCUT2D eigenvalue weighted by molar-refractivity contribution is 6.05. The molecule has 0 fully saturated rings. The molecule has 34 heavy (non-hydrogen) atoms. The molecule has 0 unspecified atom stereocenters. The zero-order valence-electron chi connectivity index (χ0n) is 19.7. The molecule has 8 nitrogen and oxygen atoms in total. The van der Waals surface area contributed by atoms with E-state index >= 15 is 0 Å². The molecular formula is C26H25N3O5. The summed E-state index contributed by atoms with van der Waals surface area (Å²) in [7, 11) is 1.59. The van der Waals surface area contributed by atoms with E-state index in [1.807, 2.05) is 64.1 Å². The van der Waals surface area contributed by atoms with Gasteiger partial charge in [0.2, 0.25) is 0 Å². The molecule has 2 aromatic carbocycles. The largest absolute Gasteiger partial charge is 0.496 e. The molecule has 0 amide bonds. The number of oxazole rings is 1. The van der Waals surface area contributed by atoms with Crippen LogP contribution >= 0.6 is 0 Å². The molecule has 0 aliphatic rings. The number of methoxy groups -OCH3 is 1. The topological polar surface area (TPSA) is 104 Å². The first-order chi connectivity index (χ1) is 16.3. The molecule has 174 valence electrons. The standard InChI is InChI=1S/C26H25N3O5/c1-13-6-8-17(9-7-13)15(3)29-24-18-11-22(32-5)19(23-14(2)28-34-16(23)4)10-20(18)27-21(12-30)25(24)33-26(29)31/h6-11,15,30H,12H2,1-5H3/t15-/m1/s1. The van der Waals surface area contributed by atoms with Gasteiger partial charge in [-0.25, -0.2) is 9.78 Å². The van der Waals surface area contributed by atoms with Crippen LogP contribution in [0, 0.1) is 20.8 Å². The minimum absolute atomic E-state index is 0.270. The SMILES string of the molecule is COc1cc2c(cc1-c1c(C)noc1C)nc(CO)c1oc(=O)n([C@H](C)c3ccc(C)cc3)c12. The van der Waals surface area contributed by atoms with Crippen molar-refractivity contribution in [3.8, 4) is 16.9 Å². The van der Waals surface area contributed by atoms with Gasteiger partial charge in [0.05, 0.1) is 36.5 Å². The zero-order chi connectivity index (χ0) is 24.1. The van der Waals surface area contributed by atoms with Crippen LogP contribution in [-0.2, 0) is 6.61 Å². The quantitative estimate of drug-likeness (QED) is 0.401. The predicted molar refractivity (Wildman–Crippen MR) is 128 cm³/mol. The van der Waals surface area contributed by atoms with E-state index in [2.05, 4.69) is 10.1 Å². The van der Waals surface area contributed by atoms with Gasteiger partial charge in [0.15, 0.2) is 5.58 Å². The minimum atomic E-state index is -0.513. The fourth-order valence-electron chi connectivity index (χ4n) is 4.56. The van der Waals surface area contributed by atoms with Gasteiger partial charge in [0.1, 0.15) is 22.7 Å². The van der Waals surface area contributed by atoms with Gasteiger partial charge in [-0.05, 0) is 45.4 Å². The molecule has 1 N–H and O–H groups in total. The molecule has 1 atom stereocenters. The smallest absolute Gasteiger partial charge is 0.420 e. The van der Waals surface area contributed by atoms with Crippen molar-refractivity contribution in [1.82, 2.24) is 14.7 Å². The lowest BCUT2D eigenvalue weighted by atomic mass is 9.99. The zero-order valence-corrected chi connectivity index (χ0v) is 19.7. The third kappa shape index (κ3) is 3.30. The third-order valence-electron chi connectivity index (χ3n) is 6.33. The molecule has 0 aliphatic heterocycles. The Morgan fingerprint density at radius 1 is 1.15 bits per heavy atom. The van der Waals surface area contributed by atoms with Crippen LogP contribution in [0.2, 0.25) is 0 Å². The number of fused-ring (bicyclic) bond motifs is 3. The maximum absolute atomic E-state index is 13.1. The van der Waals surface area contributed by atoms with Gasteiger partial charge in [-0.2, -0.15) is 0 Å². The number of ether oxygens (including phenoxy) is 1. The van der Waals surface area contributed by atoms with Crippen LogP contribution in [0.15, 0.2) is 50.1 Å². The van der Waals surface area contributed by atoms with Crippen molar-refractivity contribution in [3.05, 3.63) is 75.2 Å². The second-order valence-corrected chi connectivity index (χ2v) is 8.49. The first-order valence-electron chi connectivity index (χ1n) is 11.0. The summed E-state index contributed by atoms with van der Waals surface area (Å²) in [5, 5.41) is 14.8. The van der Waals surface area contributed by atoms with E-state index in [0.29, 0.717) is 33.6 Å². The van der Waals surface area contributed by atoms with Crippen LogP contribution < -0.4 is 10.5 Å². The molecular weight excluding hydrogens is 434 g/mol. The normalized spacial score (nSPS) is 12.5. The number of benzene rings is 2. The Morgan fingerprint density at radius 3 is 2.50 bits per heavy atom. The van der Waals surface area contributed by atoms with Gasteiger partial charge >= 0.3 is 5.76 Å². The third-order valence-corrected chi connectivity index (χ3v) is 6.33. The number of aromatic nitrogens is 3. The number of nitrogens with zero attached hydrogens (tertiary/aromatic N) is 3. The fraction of sp³-hybridized carbons (Fsp3) is 0.269. The van der Waals surface area contributed by atoms with Gasteiger partial charge in [-0.15, -0.1) is 0 Å². The molecule has 5 aromatic rings. The first-order valence-corrected chi connectivity index (χ1v) is 11.0.